The minimum atomic E-state index is 0.384. The molecule has 0 fully saturated rings. The normalized spacial score (nSPS) is 19.3. The third-order valence-corrected chi connectivity index (χ3v) is 3.79. The van der Waals surface area contributed by atoms with Crippen molar-refractivity contribution in [1.29, 1.82) is 0 Å². The Morgan fingerprint density at radius 3 is 3.00 bits per heavy atom. The average Bonchev–Trinajstić information content (AvgIpc) is 2.82. The van der Waals surface area contributed by atoms with E-state index in [0.717, 1.165) is 12.3 Å². The Morgan fingerprint density at radius 1 is 1.20 bits per heavy atom. The second kappa shape index (κ2) is 3.66. The van der Waals surface area contributed by atoms with Crippen LogP contribution in [0.25, 0.3) is 0 Å². The molecular weight excluding hydrogens is 206 g/mol. The maximum absolute atomic E-state index is 5.43. The summed E-state index contributed by atoms with van der Waals surface area (Å²) in [5.41, 5.74) is 1.23. The van der Waals surface area contributed by atoms with Gasteiger partial charge in [0.15, 0.2) is 0 Å². The quantitative estimate of drug-likeness (QED) is 0.791. The van der Waals surface area contributed by atoms with E-state index >= 15 is 0 Å². The van der Waals surface area contributed by atoms with E-state index in [1.807, 2.05) is 23.9 Å². The first-order chi connectivity index (χ1) is 7.43. The predicted molar refractivity (Wildman–Crippen MR) is 62.2 cm³/mol. The Labute approximate surface area is 92.7 Å². The van der Waals surface area contributed by atoms with E-state index in [1.165, 1.54) is 10.6 Å². The molecule has 76 valence electrons. The van der Waals surface area contributed by atoms with Crippen LogP contribution in [0.5, 0.6) is 0 Å². The number of rotatable bonds is 1. The molecule has 1 atom stereocenters. The fourth-order valence-electron chi connectivity index (χ4n) is 1.75. The molecule has 15 heavy (non-hydrogen) atoms. The van der Waals surface area contributed by atoms with Crippen LogP contribution in [0.3, 0.4) is 0 Å². The molecular formula is C12H11NOS. The highest BCUT2D eigenvalue weighted by atomic mass is 32.2. The molecule has 2 heterocycles. The molecule has 1 aliphatic rings. The van der Waals surface area contributed by atoms with E-state index in [2.05, 4.69) is 29.6 Å². The van der Waals surface area contributed by atoms with Crippen molar-refractivity contribution < 1.29 is 4.42 Å². The standard InChI is InChI=1S/C12H11NOS/c1-2-6-11-9(4-1)13-8-12(15-11)10-5-3-7-14-10/h1-7,12-13H,8H2. The number of para-hydroxylation sites is 1. The summed E-state index contributed by atoms with van der Waals surface area (Å²) in [4.78, 5) is 1.30. The number of benzene rings is 1. The van der Waals surface area contributed by atoms with Crippen molar-refractivity contribution in [2.75, 3.05) is 11.9 Å². The highest BCUT2D eigenvalue weighted by Crippen LogP contribution is 2.42. The highest BCUT2D eigenvalue weighted by molar-refractivity contribution is 7.99. The molecule has 0 bridgehead atoms. The maximum Gasteiger partial charge on any atom is 0.118 e. The summed E-state index contributed by atoms with van der Waals surface area (Å²) in [5.74, 6) is 1.04. The number of anilines is 1. The van der Waals surface area contributed by atoms with Crippen molar-refractivity contribution in [2.45, 2.75) is 10.1 Å². The fourth-order valence-corrected chi connectivity index (χ4v) is 2.89. The summed E-state index contributed by atoms with van der Waals surface area (Å²) in [5, 5.41) is 3.80. The minimum absolute atomic E-state index is 0.384. The Kier molecular flexibility index (Phi) is 2.18. The van der Waals surface area contributed by atoms with Gasteiger partial charge in [-0.1, -0.05) is 12.1 Å². The monoisotopic (exact) mass is 217 g/mol. The van der Waals surface area contributed by atoms with Crippen LogP contribution in [0.1, 0.15) is 11.0 Å². The molecule has 1 aromatic heterocycles. The molecule has 1 aromatic carbocycles. The molecule has 0 spiro atoms. The summed E-state index contributed by atoms with van der Waals surface area (Å²) < 4.78 is 5.43. The van der Waals surface area contributed by atoms with Crippen molar-refractivity contribution in [3.63, 3.8) is 0 Å². The first-order valence-corrected chi connectivity index (χ1v) is 5.84. The van der Waals surface area contributed by atoms with E-state index in [0.29, 0.717) is 5.25 Å². The molecule has 0 amide bonds. The van der Waals surface area contributed by atoms with Gasteiger partial charge in [-0.05, 0) is 24.3 Å². The van der Waals surface area contributed by atoms with Crippen LogP contribution in [0, 0.1) is 0 Å². The summed E-state index contributed by atoms with van der Waals surface area (Å²) in [7, 11) is 0. The van der Waals surface area contributed by atoms with E-state index in [9.17, 15) is 0 Å². The zero-order valence-corrected chi connectivity index (χ0v) is 8.96. The van der Waals surface area contributed by atoms with Crippen LogP contribution < -0.4 is 5.32 Å². The average molecular weight is 217 g/mol. The predicted octanol–water partition coefficient (Wildman–Crippen LogP) is 3.54. The zero-order valence-electron chi connectivity index (χ0n) is 8.14. The van der Waals surface area contributed by atoms with Gasteiger partial charge in [0.05, 0.1) is 11.5 Å². The number of furan rings is 1. The minimum Gasteiger partial charge on any atom is -0.468 e. The van der Waals surface area contributed by atoms with E-state index in [4.69, 9.17) is 4.42 Å². The Morgan fingerprint density at radius 2 is 2.13 bits per heavy atom. The highest BCUT2D eigenvalue weighted by Gasteiger charge is 2.21. The van der Waals surface area contributed by atoms with E-state index < -0.39 is 0 Å². The number of fused-ring (bicyclic) bond motifs is 1. The Bertz CT molecular complexity index is 452. The number of hydrogen-bond donors (Lipinski definition) is 1. The van der Waals surface area contributed by atoms with Crippen LogP contribution in [0.15, 0.2) is 52.0 Å². The topological polar surface area (TPSA) is 25.2 Å². The molecule has 1 unspecified atom stereocenters. The second-order valence-corrected chi connectivity index (χ2v) is 4.74. The molecule has 0 saturated carbocycles. The maximum atomic E-state index is 5.43. The van der Waals surface area contributed by atoms with Crippen molar-refractivity contribution in [3.05, 3.63) is 48.4 Å². The Hall–Kier alpha value is -1.35. The number of thioether (sulfide) groups is 1. The summed E-state index contributed by atoms with van der Waals surface area (Å²) >= 11 is 1.86. The van der Waals surface area contributed by atoms with E-state index in [-0.39, 0.29) is 0 Å². The molecule has 0 saturated heterocycles. The summed E-state index contributed by atoms with van der Waals surface area (Å²) in [6.07, 6.45) is 1.73. The van der Waals surface area contributed by atoms with E-state index in [1.54, 1.807) is 6.26 Å². The molecule has 0 radical (unpaired) electrons. The number of nitrogens with one attached hydrogen (secondary N) is 1. The van der Waals surface area contributed by atoms with Gasteiger partial charge in [-0.2, -0.15) is 0 Å². The van der Waals surface area contributed by atoms with Gasteiger partial charge in [-0.25, -0.2) is 0 Å². The van der Waals surface area contributed by atoms with Gasteiger partial charge in [0, 0.05) is 17.1 Å². The van der Waals surface area contributed by atoms with Gasteiger partial charge in [-0.15, -0.1) is 11.8 Å². The molecule has 2 nitrogen and oxygen atoms in total. The van der Waals surface area contributed by atoms with Crippen molar-refractivity contribution in [2.24, 2.45) is 0 Å². The van der Waals surface area contributed by atoms with Gasteiger partial charge < -0.3 is 9.73 Å². The first-order valence-electron chi connectivity index (χ1n) is 4.96. The largest absolute Gasteiger partial charge is 0.468 e. The first kappa shape index (κ1) is 8.92. The van der Waals surface area contributed by atoms with Crippen molar-refractivity contribution in [3.8, 4) is 0 Å². The molecule has 3 heteroatoms. The van der Waals surface area contributed by atoms with Crippen LogP contribution in [0.4, 0.5) is 5.69 Å². The van der Waals surface area contributed by atoms with Crippen molar-refractivity contribution in [1.82, 2.24) is 0 Å². The third kappa shape index (κ3) is 1.63. The Balaban J connectivity index is 1.89. The molecule has 3 rings (SSSR count). The third-order valence-electron chi connectivity index (χ3n) is 2.49. The van der Waals surface area contributed by atoms with Crippen LogP contribution in [0.2, 0.25) is 0 Å². The summed E-state index contributed by atoms with van der Waals surface area (Å²) in [6, 6.07) is 12.4. The van der Waals surface area contributed by atoms with Gasteiger partial charge in [0.1, 0.15) is 5.76 Å². The molecule has 2 aromatic rings. The lowest BCUT2D eigenvalue weighted by Crippen LogP contribution is -2.14. The van der Waals surface area contributed by atoms with Crippen LogP contribution >= 0.6 is 11.8 Å². The number of hydrogen-bond acceptors (Lipinski definition) is 3. The molecule has 0 aliphatic carbocycles. The summed E-state index contributed by atoms with van der Waals surface area (Å²) in [6.45, 7) is 0.926. The van der Waals surface area contributed by atoms with Gasteiger partial charge in [0.25, 0.3) is 0 Å². The SMILES string of the molecule is c1coc(C2CNc3ccccc3S2)c1. The van der Waals surface area contributed by atoms with Crippen molar-refractivity contribution >= 4 is 17.4 Å². The lowest BCUT2D eigenvalue weighted by Gasteiger charge is -2.23. The lowest BCUT2D eigenvalue weighted by molar-refractivity contribution is 0.508. The van der Waals surface area contributed by atoms with Gasteiger partial charge >= 0.3 is 0 Å². The van der Waals surface area contributed by atoms with Gasteiger partial charge in [-0.3, -0.25) is 0 Å². The molecule has 1 aliphatic heterocycles. The fraction of sp³-hybridized carbons (Fsp3) is 0.167. The smallest absolute Gasteiger partial charge is 0.118 e. The van der Waals surface area contributed by atoms with Gasteiger partial charge in [0.2, 0.25) is 0 Å². The second-order valence-electron chi connectivity index (χ2n) is 3.50. The lowest BCUT2D eigenvalue weighted by atomic mass is 10.2. The molecule has 1 N–H and O–H groups in total. The van der Waals surface area contributed by atoms with Crippen LogP contribution in [-0.4, -0.2) is 6.54 Å². The zero-order chi connectivity index (χ0) is 10.1. The van der Waals surface area contributed by atoms with Crippen LogP contribution in [-0.2, 0) is 0 Å².